The number of hydrogen-bond acceptors (Lipinski definition) is 4. The lowest BCUT2D eigenvalue weighted by atomic mass is 10.2. The molecule has 0 amide bonds. The molecule has 2 aromatic heterocycles. The minimum Gasteiger partial charge on any atom is -0.394 e. The second-order valence-corrected chi connectivity index (χ2v) is 5.54. The molecule has 0 atom stereocenters. The highest BCUT2D eigenvalue weighted by atomic mass is 79.9. The minimum atomic E-state index is 0.654. The van der Waals surface area contributed by atoms with Crippen LogP contribution in [0.1, 0.15) is 5.69 Å². The fourth-order valence-electron chi connectivity index (χ4n) is 2.19. The summed E-state index contributed by atoms with van der Waals surface area (Å²) in [7, 11) is 1.86. The minimum absolute atomic E-state index is 0.654. The van der Waals surface area contributed by atoms with Gasteiger partial charge in [-0.15, -0.1) is 0 Å². The molecule has 0 aliphatic carbocycles. The quantitative estimate of drug-likeness (QED) is 0.755. The van der Waals surface area contributed by atoms with Crippen LogP contribution in [0.3, 0.4) is 0 Å². The number of nitrogens with zero attached hydrogens (tertiary/aromatic N) is 3. The Morgan fingerprint density at radius 1 is 1.35 bits per heavy atom. The molecule has 3 rings (SSSR count). The number of nitrogens with one attached hydrogen (secondary N) is 1. The first-order chi connectivity index (χ1) is 9.56. The Hall–Kier alpha value is -2.08. The van der Waals surface area contributed by atoms with E-state index in [9.17, 15) is 0 Å². The number of para-hydroxylation sites is 1. The van der Waals surface area contributed by atoms with Gasteiger partial charge >= 0.3 is 0 Å². The Kier molecular flexibility index (Phi) is 3.10. The standard InChI is InChI=1S/C14H14BrN5/c1-8-12(16)14(20(2)19-8)18-11-5-3-4-9-6-10(15)7-17-13(9)11/h3-7,18H,16H2,1-2H3. The summed E-state index contributed by atoms with van der Waals surface area (Å²) in [5.41, 5.74) is 9.32. The van der Waals surface area contributed by atoms with E-state index in [4.69, 9.17) is 5.73 Å². The van der Waals surface area contributed by atoms with Crippen LogP contribution in [0.25, 0.3) is 10.9 Å². The van der Waals surface area contributed by atoms with Crippen molar-refractivity contribution >= 4 is 44.0 Å². The van der Waals surface area contributed by atoms with Crippen LogP contribution in [-0.2, 0) is 7.05 Å². The van der Waals surface area contributed by atoms with E-state index < -0.39 is 0 Å². The van der Waals surface area contributed by atoms with Crippen molar-refractivity contribution in [3.05, 3.63) is 40.6 Å². The molecule has 2 heterocycles. The van der Waals surface area contributed by atoms with Crippen LogP contribution in [-0.4, -0.2) is 14.8 Å². The van der Waals surface area contributed by atoms with Crippen molar-refractivity contribution in [1.29, 1.82) is 0 Å². The molecule has 0 aliphatic rings. The van der Waals surface area contributed by atoms with E-state index in [1.165, 1.54) is 0 Å². The summed E-state index contributed by atoms with van der Waals surface area (Å²) >= 11 is 3.43. The zero-order chi connectivity index (χ0) is 14.3. The van der Waals surface area contributed by atoms with E-state index in [0.717, 1.165) is 32.6 Å². The Balaban J connectivity index is 2.11. The Morgan fingerprint density at radius 3 is 2.85 bits per heavy atom. The van der Waals surface area contributed by atoms with Gasteiger partial charge in [0.1, 0.15) is 0 Å². The summed E-state index contributed by atoms with van der Waals surface area (Å²) in [4.78, 5) is 4.46. The van der Waals surface area contributed by atoms with Gasteiger partial charge in [-0.1, -0.05) is 12.1 Å². The van der Waals surface area contributed by atoms with Crippen LogP contribution in [0.2, 0.25) is 0 Å². The van der Waals surface area contributed by atoms with Gasteiger partial charge in [-0.05, 0) is 35.0 Å². The van der Waals surface area contributed by atoms with E-state index in [1.807, 2.05) is 38.2 Å². The number of benzene rings is 1. The second-order valence-electron chi connectivity index (χ2n) is 4.63. The molecule has 102 valence electrons. The van der Waals surface area contributed by atoms with Crippen LogP contribution < -0.4 is 11.1 Å². The maximum atomic E-state index is 6.05. The zero-order valence-corrected chi connectivity index (χ0v) is 12.8. The molecule has 1 aromatic carbocycles. The molecule has 0 aliphatic heterocycles. The number of pyridine rings is 1. The predicted molar refractivity (Wildman–Crippen MR) is 85.1 cm³/mol. The number of rotatable bonds is 2. The summed E-state index contributed by atoms with van der Waals surface area (Å²) in [6.07, 6.45) is 1.78. The van der Waals surface area contributed by atoms with E-state index in [-0.39, 0.29) is 0 Å². The van der Waals surface area contributed by atoms with Crippen molar-refractivity contribution in [2.45, 2.75) is 6.92 Å². The van der Waals surface area contributed by atoms with Crippen molar-refractivity contribution in [1.82, 2.24) is 14.8 Å². The summed E-state index contributed by atoms with van der Waals surface area (Å²) in [5, 5.41) is 8.68. The third kappa shape index (κ3) is 2.12. The largest absolute Gasteiger partial charge is 0.394 e. The fraction of sp³-hybridized carbons (Fsp3) is 0.143. The molecular weight excluding hydrogens is 318 g/mol. The van der Waals surface area contributed by atoms with Crippen LogP contribution in [0.5, 0.6) is 0 Å². The summed E-state index contributed by atoms with van der Waals surface area (Å²) in [6.45, 7) is 1.89. The number of aryl methyl sites for hydroxylation is 2. The number of nitrogen functional groups attached to an aromatic ring is 1. The predicted octanol–water partition coefficient (Wildman–Crippen LogP) is 3.37. The van der Waals surface area contributed by atoms with Crippen molar-refractivity contribution in [2.24, 2.45) is 7.05 Å². The van der Waals surface area contributed by atoms with Crippen molar-refractivity contribution < 1.29 is 0 Å². The molecule has 3 aromatic rings. The molecule has 0 unspecified atom stereocenters. The average molecular weight is 332 g/mol. The van der Waals surface area contributed by atoms with E-state index >= 15 is 0 Å². The van der Waals surface area contributed by atoms with Crippen molar-refractivity contribution in [2.75, 3.05) is 11.1 Å². The molecule has 3 N–H and O–H groups in total. The van der Waals surface area contributed by atoms with Crippen LogP contribution in [0.15, 0.2) is 34.9 Å². The average Bonchev–Trinajstić information content (AvgIpc) is 2.65. The number of nitrogens with two attached hydrogens (primary N) is 1. The van der Waals surface area contributed by atoms with Gasteiger partial charge in [0.15, 0.2) is 5.82 Å². The highest BCUT2D eigenvalue weighted by Gasteiger charge is 2.11. The van der Waals surface area contributed by atoms with E-state index in [1.54, 1.807) is 10.9 Å². The van der Waals surface area contributed by atoms with Crippen LogP contribution in [0.4, 0.5) is 17.2 Å². The third-order valence-corrected chi connectivity index (χ3v) is 3.63. The Labute approximate surface area is 124 Å². The zero-order valence-electron chi connectivity index (χ0n) is 11.2. The lowest BCUT2D eigenvalue weighted by Gasteiger charge is -2.10. The summed E-state index contributed by atoms with van der Waals surface area (Å²) in [5.74, 6) is 0.778. The molecule has 0 bridgehead atoms. The van der Waals surface area contributed by atoms with Gasteiger partial charge in [0.05, 0.1) is 22.6 Å². The maximum Gasteiger partial charge on any atom is 0.152 e. The number of aromatic nitrogens is 3. The first-order valence-electron chi connectivity index (χ1n) is 6.16. The highest BCUT2D eigenvalue weighted by molar-refractivity contribution is 9.10. The molecule has 0 saturated heterocycles. The Morgan fingerprint density at radius 2 is 2.15 bits per heavy atom. The molecule has 0 fully saturated rings. The van der Waals surface area contributed by atoms with Crippen LogP contribution >= 0.6 is 15.9 Å². The highest BCUT2D eigenvalue weighted by Crippen LogP contribution is 2.29. The van der Waals surface area contributed by atoms with Crippen LogP contribution in [0, 0.1) is 6.92 Å². The normalized spacial score (nSPS) is 10.9. The number of halogens is 1. The Bertz CT molecular complexity index is 794. The second kappa shape index (κ2) is 4.79. The van der Waals surface area contributed by atoms with Gasteiger partial charge in [0, 0.05) is 23.1 Å². The smallest absolute Gasteiger partial charge is 0.152 e. The first-order valence-corrected chi connectivity index (χ1v) is 6.96. The molecule has 0 radical (unpaired) electrons. The maximum absolute atomic E-state index is 6.05. The summed E-state index contributed by atoms with van der Waals surface area (Å²) < 4.78 is 2.69. The SMILES string of the molecule is Cc1nn(C)c(Nc2cccc3cc(Br)cnc23)c1N. The molecular formula is C14H14BrN5. The molecule has 0 spiro atoms. The lowest BCUT2D eigenvalue weighted by Crippen LogP contribution is -2.02. The molecule has 20 heavy (non-hydrogen) atoms. The molecule has 6 heteroatoms. The molecule has 0 saturated carbocycles. The van der Waals surface area contributed by atoms with Crippen molar-refractivity contribution in [3.63, 3.8) is 0 Å². The fourth-order valence-corrected chi connectivity index (χ4v) is 2.53. The third-order valence-electron chi connectivity index (χ3n) is 3.20. The van der Waals surface area contributed by atoms with Gasteiger partial charge in [-0.2, -0.15) is 5.10 Å². The van der Waals surface area contributed by atoms with Gasteiger partial charge in [-0.3, -0.25) is 9.67 Å². The van der Waals surface area contributed by atoms with Gasteiger partial charge in [-0.25, -0.2) is 0 Å². The van der Waals surface area contributed by atoms with E-state index in [2.05, 4.69) is 31.3 Å². The summed E-state index contributed by atoms with van der Waals surface area (Å²) in [6, 6.07) is 8.02. The van der Waals surface area contributed by atoms with Crippen molar-refractivity contribution in [3.8, 4) is 0 Å². The lowest BCUT2D eigenvalue weighted by molar-refractivity contribution is 0.765. The number of fused-ring (bicyclic) bond motifs is 1. The monoisotopic (exact) mass is 331 g/mol. The van der Waals surface area contributed by atoms with Gasteiger partial charge in [0.25, 0.3) is 0 Å². The first kappa shape index (κ1) is 12.9. The molecule has 5 nitrogen and oxygen atoms in total. The number of anilines is 3. The van der Waals surface area contributed by atoms with Gasteiger partial charge < -0.3 is 11.1 Å². The topological polar surface area (TPSA) is 68.8 Å². The van der Waals surface area contributed by atoms with E-state index in [0.29, 0.717) is 5.69 Å². The number of hydrogen-bond donors (Lipinski definition) is 2. The van der Waals surface area contributed by atoms with Gasteiger partial charge in [0.2, 0.25) is 0 Å².